The summed E-state index contributed by atoms with van der Waals surface area (Å²) in [7, 11) is -3.20. The molecule has 1 aromatic heterocycles. The Balaban J connectivity index is 1.42. The SMILES string of the molecule is O=C(Nc1ccc(N2CCCS2(=O)=O)cc1)c1ccc(N2CCCC2)nc1. The third kappa shape index (κ3) is 3.75. The van der Waals surface area contributed by atoms with Crippen molar-refractivity contribution in [3.8, 4) is 0 Å². The highest BCUT2D eigenvalue weighted by molar-refractivity contribution is 7.93. The predicted molar refractivity (Wildman–Crippen MR) is 106 cm³/mol. The molecule has 3 heterocycles. The van der Waals surface area contributed by atoms with Crippen LogP contribution in [-0.2, 0) is 10.0 Å². The minimum absolute atomic E-state index is 0.186. The number of benzene rings is 1. The van der Waals surface area contributed by atoms with Crippen molar-refractivity contribution >= 4 is 33.1 Å². The predicted octanol–water partition coefficient (Wildman–Crippen LogP) is 2.47. The zero-order valence-electron chi connectivity index (χ0n) is 15.0. The molecule has 2 aliphatic heterocycles. The van der Waals surface area contributed by atoms with Gasteiger partial charge in [-0.1, -0.05) is 0 Å². The van der Waals surface area contributed by atoms with E-state index in [1.165, 1.54) is 17.1 Å². The molecule has 0 saturated carbocycles. The number of sulfonamides is 1. The lowest BCUT2D eigenvalue weighted by Gasteiger charge is -2.17. The Bertz CT molecular complexity index is 920. The van der Waals surface area contributed by atoms with Gasteiger partial charge in [0, 0.05) is 31.5 Å². The molecular formula is C19H22N4O3S. The smallest absolute Gasteiger partial charge is 0.257 e. The molecule has 4 rings (SSSR count). The number of nitrogens with one attached hydrogen (secondary N) is 1. The Labute approximate surface area is 159 Å². The third-order valence-electron chi connectivity index (χ3n) is 4.95. The van der Waals surface area contributed by atoms with Crippen LogP contribution in [0.3, 0.4) is 0 Å². The summed E-state index contributed by atoms with van der Waals surface area (Å²) >= 11 is 0. The van der Waals surface area contributed by atoms with E-state index < -0.39 is 10.0 Å². The summed E-state index contributed by atoms with van der Waals surface area (Å²) in [5.74, 6) is 0.851. The standard InChI is InChI=1S/C19H22N4O3S/c24-19(15-4-9-18(20-14-15)22-10-1-2-11-22)21-16-5-7-17(8-6-16)23-12-3-13-27(23,25)26/h4-9,14H,1-3,10-13H2,(H,21,24). The van der Waals surface area contributed by atoms with Crippen LogP contribution in [-0.4, -0.2) is 44.7 Å². The number of amides is 1. The zero-order valence-corrected chi connectivity index (χ0v) is 15.8. The highest BCUT2D eigenvalue weighted by Gasteiger charge is 2.28. The second kappa shape index (κ2) is 7.19. The molecule has 142 valence electrons. The number of carbonyl (C=O) groups is 1. The third-order valence-corrected chi connectivity index (χ3v) is 6.82. The first-order chi connectivity index (χ1) is 13.0. The summed E-state index contributed by atoms with van der Waals surface area (Å²) in [5, 5.41) is 2.83. The molecule has 0 spiro atoms. The van der Waals surface area contributed by atoms with E-state index >= 15 is 0 Å². The summed E-state index contributed by atoms with van der Waals surface area (Å²) < 4.78 is 25.4. The van der Waals surface area contributed by atoms with Gasteiger partial charge in [0.2, 0.25) is 10.0 Å². The van der Waals surface area contributed by atoms with Crippen LogP contribution in [0.5, 0.6) is 0 Å². The van der Waals surface area contributed by atoms with E-state index in [0.29, 0.717) is 29.9 Å². The molecule has 2 fully saturated rings. The largest absolute Gasteiger partial charge is 0.357 e. The Morgan fingerprint density at radius 1 is 0.963 bits per heavy atom. The maximum absolute atomic E-state index is 12.4. The maximum atomic E-state index is 12.4. The van der Waals surface area contributed by atoms with Gasteiger partial charge in [-0.3, -0.25) is 9.10 Å². The molecule has 0 radical (unpaired) electrons. The average molecular weight is 386 g/mol. The van der Waals surface area contributed by atoms with E-state index in [-0.39, 0.29) is 11.7 Å². The monoisotopic (exact) mass is 386 g/mol. The van der Waals surface area contributed by atoms with Crippen LogP contribution < -0.4 is 14.5 Å². The van der Waals surface area contributed by atoms with Crippen LogP contribution >= 0.6 is 0 Å². The second-order valence-corrected chi connectivity index (χ2v) is 8.85. The van der Waals surface area contributed by atoms with E-state index in [1.807, 2.05) is 6.07 Å². The van der Waals surface area contributed by atoms with Crippen molar-refractivity contribution in [3.63, 3.8) is 0 Å². The topological polar surface area (TPSA) is 82.6 Å². The van der Waals surface area contributed by atoms with E-state index in [2.05, 4.69) is 15.2 Å². The van der Waals surface area contributed by atoms with Gasteiger partial charge in [0.1, 0.15) is 5.82 Å². The molecule has 8 heteroatoms. The number of anilines is 3. The van der Waals surface area contributed by atoms with Gasteiger partial charge in [-0.05, 0) is 55.7 Å². The molecular weight excluding hydrogens is 364 g/mol. The molecule has 1 amide bonds. The molecule has 27 heavy (non-hydrogen) atoms. The highest BCUT2D eigenvalue weighted by Crippen LogP contribution is 2.25. The molecule has 2 saturated heterocycles. The van der Waals surface area contributed by atoms with Gasteiger partial charge in [-0.25, -0.2) is 13.4 Å². The number of rotatable bonds is 4. The summed E-state index contributed by atoms with van der Waals surface area (Å²) in [6.45, 7) is 2.53. The fourth-order valence-corrected chi connectivity index (χ4v) is 5.06. The lowest BCUT2D eigenvalue weighted by atomic mass is 10.2. The molecule has 0 bridgehead atoms. The molecule has 1 N–H and O–H groups in total. The van der Waals surface area contributed by atoms with Crippen LogP contribution in [0.1, 0.15) is 29.6 Å². The molecule has 0 aliphatic carbocycles. The Morgan fingerprint density at radius 3 is 2.30 bits per heavy atom. The number of carbonyl (C=O) groups excluding carboxylic acids is 1. The number of pyridine rings is 1. The van der Waals surface area contributed by atoms with Crippen molar-refractivity contribution in [2.45, 2.75) is 19.3 Å². The summed E-state index contributed by atoms with van der Waals surface area (Å²) in [4.78, 5) is 19.0. The number of hydrogen-bond acceptors (Lipinski definition) is 5. The van der Waals surface area contributed by atoms with E-state index in [0.717, 1.165) is 18.9 Å². The van der Waals surface area contributed by atoms with Gasteiger partial charge in [-0.2, -0.15) is 0 Å². The van der Waals surface area contributed by atoms with E-state index in [4.69, 9.17) is 0 Å². The minimum atomic E-state index is -3.20. The molecule has 2 aliphatic rings. The van der Waals surface area contributed by atoms with Gasteiger partial charge >= 0.3 is 0 Å². The normalized spacial score (nSPS) is 18.7. The molecule has 2 aromatic rings. The fourth-order valence-electron chi connectivity index (χ4n) is 3.50. The Kier molecular flexibility index (Phi) is 4.73. The summed E-state index contributed by atoms with van der Waals surface area (Å²) in [6.07, 6.45) is 4.59. The first-order valence-electron chi connectivity index (χ1n) is 9.16. The zero-order chi connectivity index (χ0) is 18.9. The lowest BCUT2D eigenvalue weighted by Crippen LogP contribution is -2.25. The minimum Gasteiger partial charge on any atom is -0.357 e. The average Bonchev–Trinajstić information content (AvgIpc) is 3.32. The van der Waals surface area contributed by atoms with Gasteiger partial charge in [0.15, 0.2) is 0 Å². The number of hydrogen-bond donors (Lipinski definition) is 1. The van der Waals surface area contributed by atoms with Crippen molar-refractivity contribution in [3.05, 3.63) is 48.2 Å². The molecule has 1 aromatic carbocycles. The maximum Gasteiger partial charge on any atom is 0.257 e. The quantitative estimate of drug-likeness (QED) is 0.873. The number of nitrogens with zero attached hydrogens (tertiary/aromatic N) is 3. The van der Waals surface area contributed by atoms with Crippen molar-refractivity contribution in [1.82, 2.24) is 4.98 Å². The highest BCUT2D eigenvalue weighted by atomic mass is 32.2. The van der Waals surface area contributed by atoms with E-state index in [9.17, 15) is 13.2 Å². The molecule has 0 atom stereocenters. The fraction of sp³-hybridized carbons (Fsp3) is 0.368. The second-order valence-electron chi connectivity index (χ2n) is 6.84. The van der Waals surface area contributed by atoms with Gasteiger partial charge in [0.05, 0.1) is 17.0 Å². The van der Waals surface area contributed by atoms with E-state index in [1.54, 1.807) is 36.5 Å². The van der Waals surface area contributed by atoms with Gasteiger partial charge in [-0.15, -0.1) is 0 Å². The molecule has 7 nitrogen and oxygen atoms in total. The summed E-state index contributed by atoms with van der Waals surface area (Å²) in [6, 6.07) is 10.5. The first-order valence-corrected chi connectivity index (χ1v) is 10.8. The van der Waals surface area contributed by atoms with Crippen LogP contribution in [0.2, 0.25) is 0 Å². The Hall–Kier alpha value is -2.61. The van der Waals surface area contributed by atoms with Crippen LogP contribution in [0.4, 0.5) is 17.2 Å². The van der Waals surface area contributed by atoms with Crippen molar-refractivity contribution in [2.24, 2.45) is 0 Å². The molecule has 0 unspecified atom stereocenters. The van der Waals surface area contributed by atoms with Crippen LogP contribution in [0.15, 0.2) is 42.6 Å². The summed E-state index contributed by atoms with van der Waals surface area (Å²) in [5.41, 5.74) is 1.73. The van der Waals surface area contributed by atoms with Crippen molar-refractivity contribution in [2.75, 3.05) is 39.9 Å². The van der Waals surface area contributed by atoms with Crippen LogP contribution in [0, 0.1) is 0 Å². The van der Waals surface area contributed by atoms with Crippen molar-refractivity contribution in [1.29, 1.82) is 0 Å². The first kappa shape index (κ1) is 17.8. The van der Waals surface area contributed by atoms with Crippen LogP contribution in [0.25, 0.3) is 0 Å². The van der Waals surface area contributed by atoms with Gasteiger partial charge < -0.3 is 10.2 Å². The number of aromatic nitrogens is 1. The van der Waals surface area contributed by atoms with Crippen molar-refractivity contribution < 1.29 is 13.2 Å². The van der Waals surface area contributed by atoms with Gasteiger partial charge in [0.25, 0.3) is 5.91 Å². The Morgan fingerprint density at radius 2 is 1.70 bits per heavy atom. The lowest BCUT2D eigenvalue weighted by molar-refractivity contribution is 0.102.